The van der Waals surface area contributed by atoms with E-state index in [4.69, 9.17) is 4.98 Å². The highest BCUT2D eigenvalue weighted by molar-refractivity contribution is 5.81. The van der Waals surface area contributed by atoms with Crippen molar-refractivity contribution in [2.24, 2.45) is 0 Å². The first kappa shape index (κ1) is 9.88. The minimum atomic E-state index is 0.176. The first-order chi connectivity index (χ1) is 7.57. The quantitative estimate of drug-likeness (QED) is 0.658. The maximum absolute atomic E-state index is 4.82. The van der Waals surface area contributed by atoms with Gasteiger partial charge in [0.25, 0.3) is 0 Å². The second kappa shape index (κ2) is 3.09. The maximum Gasteiger partial charge on any atom is 0.109 e. The fourth-order valence-corrected chi connectivity index (χ4v) is 2.64. The Morgan fingerprint density at radius 2 is 2.06 bits per heavy atom. The van der Waals surface area contributed by atoms with E-state index in [0.29, 0.717) is 0 Å². The van der Waals surface area contributed by atoms with E-state index in [9.17, 15) is 0 Å². The van der Waals surface area contributed by atoms with Gasteiger partial charge in [-0.3, -0.25) is 0 Å². The summed E-state index contributed by atoms with van der Waals surface area (Å²) in [4.78, 5) is 4.82. The highest BCUT2D eigenvalue weighted by Crippen LogP contribution is 2.31. The lowest BCUT2D eigenvalue weighted by Gasteiger charge is -2.19. The van der Waals surface area contributed by atoms with Crippen molar-refractivity contribution in [1.29, 1.82) is 0 Å². The van der Waals surface area contributed by atoms with E-state index >= 15 is 0 Å². The van der Waals surface area contributed by atoms with E-state index in [0.717, 1.165) is 13.0 Å². The minimum absolute atomic E-state index is 0.176. The summed E-state index contributed by atoms with van der Waals surface area (Å²) in [6, 6.07) is 6.58. The summed E-state index contributed by atoms with van der Waals surface area (Å²) in [6.45, 7) is 7.91. The summed E-state index contributed by atoms with van der Waals surface area (Å²) in [7, 11) is 0. The first-order valence-corrected chi connectivity index (χ1v) is 6.06. The number of imidazole rings is 1. The molecule has 0 unspecified atom stereocenters. The number of hydrogen-bond donors (Lipinski definition) is 0. The lowest BCUT2D eigenvalue weighted by molar-refractivity contribution is 0.594. The summed E-state index contributed by atoms with van der Waals surface area (Å²) in [6.07, 6.45) is 2.39. The van der Waals surface area contributed by atoms with Crippen molar-refractivity contribution in [1.82, 2.24) is 9.55 Å². The molecule has 0 spiro atoms. The summed E-state index contributed by atoms with van der Waals surface area (Å²) in [5.41, 5.74) is 4.08. The molecule has 3 rings (SSSR count). The fraction of sp³-hybridized carbons (Fsp3) is 0.500. The van der Waals surface area contributed by atoms with Gasteiger partial charge in [-0.2, -0.15) is 0 Å². The maximum atomic E-state index is 4.82. The molecular formula is C14H18N2. The van der Waals surface area contributed by atoms with Gasteiger partial charge >= 0.3 is 0 Å². The van der Waals surface area contributed by atoms with Crippen molar-refractivity contribution >= 4 is 11.0 Å². The highest BCUT2D eigenvalue weighted by Gasteiger charge is 2.22. The third-order valence-electron chi connectivity index (χ3n) is 3.45. The largest absolute Gasteiger partial charge is 0.328 e. The van der Waals surface area contributed by atoms with Gasteiger partial charge in [0.1, 0.15) is 5.82 Å². The Labute approximate surface area is 96.3 Å². The highest BCUT2D eigenvalue weighted by atomic mass is 15.1. The van der Waals surface area contributed by atoms with Crippen molar-refractivity contribution in [2.75, 3.05) is 0 Å². The average molecular weight is 214 g/mol. The number of nitrogens with zero attached hydrogens (tertiary/aromatic N) is 2. The van der Waals surface area contributed by atoms with Crippen molar-refractivity contribution in [2.45, 2.75) is 45.6 Å². The van der Waals surface area contributed by atoms with Crippen LogP contribution in [0.1, 0.15) is 38.6 Å². The molecule has 0 atom stereocenters. The topological polar surface area (TPSA) is 17.8 Å². The smallest absolute Gasteiger partial charge is 0.109 e. The van der Waals surface area contributed by atoms with E-state index in [1.165, 1.54) is 28.8 Å². The molecule has 1 aromatic heterocycles. The van der Waals surface area contributed by atoms with Crippen LogP contribution in [-0.4, -0.2) is 9.55 Å². The Bertz CT molecular complexity index is 544. The number of hydrogen-bond acceptors (Lipinski definition) is 1. The molecule has 2 heterocycles. The van der Waals surface area contributed by atoms with Gasteiger partial charge in [-0.1, -0.05) is 32.9 Å². The SMILES string of the molecule is CC(C)(C)c1cccc2c1nc1n2CCC1. The minimum Gasteiger partial charge on any atom is -0.328 e. The van der Waals surface area contributed by atoms with Crippen LogP contribution in [0, 0.1) is 0 Å². The first-order valence-electron chi connectivity index (χ1n) is 6.06. The van der Waals surface area contributed by atoms with Crippen LogP contribution >= 0.6 is 0 Å². The van der Waals surface area contributed by atoms with Crippen LogP contribution in [0.3, 0.4) is 0 Å². The van der Waals surface area contributed by atoms with Gasteiger partial charge < -0.3 is 4.57 Å². The molecule has 1 aliphatic rings. The van der Waals surface area contributed by atoms with Crippen LogP contribution in [0.4, 0.5) is 0 Å². The molecule has 0 bridgehead atoms. The molecular weight excluding hydrogens is 196 g/mol. The van der Waals surface area contributed by atoms with Gasteiger partial charge in [-0.25, -0.2) is 4.98 Å². The molecule has 0 radical (unpaired) electrons. The summed E-state index contributed by atoms with van der Waals surface area (Å²) in [5, 5.41) is 0. The normalized spacial score (nSPS) is 15.7. The van der Waals surface area contributed by atoms with E-state index in [1.54, 1.807) is 0 Å². The standard InChI is InChI=1S/C14H18N2/c1-14(2,3)10-6-4-7-11-13(10)15-12-8-5-9-16(11)12/h4,6-7H,5,8-9H2,1-3H3. The van der Waals surface area contributed by atoms with Crippen LogP contribution < -0.4 is 0 Å². The molecule has 2 nitrogen and oxygen atoms in total. The second-order valence-electron chi connectivity index (χ2n) is 5.71. The third kappa shape index (κ3) is 1.29. The molecule has 0 saturated carbocycles. The molecule has 1 aliphatic heterocycles. The number of benzene rings is 1. The zero-order chi connectivity index (χ0) is 11.3. The van der Waals surface area contributed by atoms with E-state index < -0.39 is 0 Å². The van der Waals surface area contributed by atoms with E-state index in [-0.39, 0.29) is 5.41 Å². The van der Waals surface area contributed by atoms with Crippen molar-refractivity contribution in [3.05, 3.63) is 29.6 Å². The summed E-state index contributed by atoms with van der Waals surface area (Å²) in [5.74, 6) is 1.27. The van der Waals surface area contributed by atoms with E-state index in [2.05, 4.69) is 43.5 Å². The van der Waals surface area contributed by atoms with E-state index in [1.807, 2.05) is 0 Å². The van der Waals surface area contributed by atoms with Crippen LogP contribution in [0.2, 0.25) is 0 Å². The predicted octanol–water partition coefficient (Wildman–Crippen LogP) is 3.28. The Kier molecular flexibility index (Phi) is 1.91. The van der Waals surface area contributed by atoms with Gasteiger partial charge in [0.15, 0.2) is 0 Å². The zero-order valence-corrected chi connectivity index (χ0v) is 10.2. The van der Waals surface area contributed by atoms with Crippen LogP contribution in [0.25, 0.3) is 11.0 Å². The summed E-state index contributed by atoms with van der Waals surface area (Å²) >= 11 is 0. The Morgan fingerprint density at radius 3 is 2.81 bits per heavy atom. The molecule has 0 aliphatic carbocycles. The molecule has 0 N–H and O–H groups in total. The molecule has 2 heteroatoms. The molecule has 2 aromatic rings. The van der Waals surface area contributed by atoms with Crippen molar-refractivity contribution in [3.8, 4) is 0 Å². The van der Waals surface area contributed by atoms with Gasteiger partial charge in [-0.15, -0.1) is 0 Å². The monoisotopic (exact) mass is 214 g/mol. The number of rotatable bonds is 0. The van der Waals surface area contributed by atoms with Crippen LogP contribution in [0.15, 0.2) is 18.2 Å². The molecule has 0 fully saturated rings. The number of aromatic nitrogens is 2. The number of para-hydroxylation sites is 1. The van der Waals surface area contributed by atoms with Crippen LogP contribution in [0.5, 0.6) is 0 Å². The lowest BCUT2D eigenvalue weighted by atomic mass is 9.86. The third-order valence-corrected chi connectivity index (χ3v) is 3.45. The zero-order valence-electron chi connectivity index (χ0n) is 10.2. The summed E-state index contributed by atoms with van der Waals surface area (Å²) < 4.78 is 2.38. The molecule has 0 amide bonds. The second-order valence-corrected chi connectivity index (χ2v) is 5.71. The Hall–Kier alpha value is -1.31. The van der Waals surface area contributed by atoms with Gasteiger partial charge in [0.05, 0.1) is 11.0 Å². The Balaban J connectivity index is 2.33. The number of fused-ring (bicyclic) bond motifs is 3. The van der Waals surface area contributed by atoms with Gasteiger partial charge in [0.2, 0.25) is 0 Å². The number of aryl methyl sites for hydroxylation is 2. The average Bonchev–Trinajstić information content (AvgIpc) is 2.74. The van der Waals surface area contributed by atoms with Crippen molar-refractivity contribution < 1.29 is 0 Å². The van der Waals surface area contributed by atoms with Gasteiger partial charge in [-0.05, 0) is 23.5 Å². The lowest BCUT2D eigenvalue weighted by Crippen LogP contribution is -2.11. The van der Waals surface area contributed by atoms with Gasteiger partial charge in [0, 0.05) is 13.0 Å². The predicted molar refractivity (Wildman–Crippen MR) is 66.8 cm³/mol. The molecule has 0 saturated heterocycles. The van der Waals surface area contributed by atoms with Crippen molar-refractivity contribution in [3.63, 3.8) is 0 Å². The fourth-order valence-electron chi connectivity index (χ4n) is 2.64. The molecule has 84 valence electrons. The van der Waals surface area contributed by atoms with Crippen LogP contribution in [-0.2, 0) is 18.4 Å². The Morgan fingerprint density at radius 1 is 1.25 bits per heavy atom. The molecule has 1 aromatic carbocycles. The molecule has 16 heavy (non-hydrogen) atoms.